The molecule has 2 aliphatic rings. The van der Waals surface area contributed by atoms with E-state index in [0.717, 1.165) is 30.5 Å². The van der Waals surface area contributed by atoms with Gasteiger partial charge in [-0.15, -0.1) is 0 Å². The summed E-state index contributed by atoms with van der Waals surface area (Å²) < 4.78 is 27.0. The summed E-state index contributed by atoms with van der Waals surface area (Å²) in [6.45, 7) is 11.8. The largest absolute Gasteiger partial charge is 0.475 e. The molecule has 2 atom stereocenters. The second-order valence-corrected chi connectivity index (χ2v) is 9.17. The van der Waals surface area contributed by atoms with E-state index in [1.807, 2.05) is 20.8 Å². The maximum Gasteiger partial charge on any atom is 0.217 e. The Hall–Kier alpha value is -3.39. The lowest BCUT2D eigenvalue weighted by molar-refractivity contribution is 0.0906. The Bertz CT molecular complexity index is 1160. The van der Waals surface area contributed by atoms with Gasteiger partial charge >= 0.3 is 0 Å². The maximum atomic E-state index is 15.1. The number of halogens is 1. The second-order valence-electron chi connectivity index (χ2n) is 9.17. The van der Waals surface area contributed by atoms with E-state index >= 15 is 4.39 Å². The zero-order valence-electron chi connectivity index (χ0n) is 20.0. The van der Waals surface area contributed by atoms with Crippen LogP contribution in [0.25, 0.3) is 16.7 Å². The van der Waals surface area contributed by atoms with Crippen LogP contribution in [-0.2, 0) is 4.74 Å². The summed E-state index contributed by atoms with van der Waals surface area (Å²) in [5, 5.41) is 15.5. The molecule has 2 aromatic rings. The van der Waals surface area contributed by atoms with Gasteiger partial charge in [-0.1, -0.05) is 12.7 Å². The van der Waals surface area contributed by atoms with E-state index in [1.165, 1.54) is 6.07 Å². The van der Waals surface area contributed by atoms with Crippen molar-refractivity contribution in [1.82, 2.24) is 15.1 Å². The van der Waals surface area contributed by atoms with Crippen molar-refractivity contribution in [3.05, 3.63) is 65.3 Å². The summed E-state index contributed by atoms with van der Waals surface area (Å²) in [4.78, 5) is 2.20. The maximum absolute atomic E-state index is 15.1. The van der Waals surface area contributed by atoms with Gasteiger partial charge in [-0.05, 0) is 75.1 Å². The van der Waals surface area contributed by atoms with Crippen LogP contribution in [0.1, 0.15) is 37.8 Å². The molecule has 4 N–H and O–H groups in total. The molecule has 34 heavy (non-hydrogen) atoms. The lowest BCUT2D eigenvalue weighted by Gasteiger charge is -2.33. The van der Waals surface area contributed by atoms with Gasteiger partial charge in [0.15, 0.2) is 0 Å². The fourth-order valence-corrected chi connectivity index (χ4v) is 4.43. The summed E-state index contributed by atoms with van der Waals surface area (Å²) in [6, 6.07) is 3.26. The number of fused-ring (bicyclic) bond motifs is 6. The minimum atomic E-state index is -0.351. The zero-order valence-corrected chi connectivity index (χ0v) is 20.0. The Morgan fingerprint density at radius 3 is 2.88 bits per heavy atom. The highest BCUT2D eigenvalue weighted by Gasteiger charge is 2.25. The molecular weight excluding hydrogens is 433 g/mol. The normalized spacial score (nSPS) is 21.9. The highest BCUT2D eigenvalue weighted by Crippen LogP contribution is 2.35. The monoisotopic (exact) mass is 465 g/mol. The van der Waals surface area contributed by atoms with Crippen molar-refractivity contribution in [3.63, 3.8) is 0 Å². The van der Waals surface area contributed by atoms with Crippen molar-refractivity contribution in [1.29, 1.82) is 5.41 Å². The predicted octanol–water partition coefficient (Wildman–Crippen LogP) is 4.57. The van der Waals surface area contributed by atoms with Crippen LogP contribution >= 0.6 is 0 Å². The number of benzene rings is 1. The van der Waals surface area contributed by atoms with Crippen LogP contribution in [0.5, 0.6) is 5.88 Å². The van der Waals surface area contributed by atoms with E-state index in [2.05, 4.69) is 21.7 Å². The van der Waals surface area contributed by atoms with Crippen LogP contribution in [0, 0.1) is 18.2 Å². The summed E-state index contributed by atoms with van der Waals surface area (Å²) in [5.74, 6) is 0.118. The van der Waals surface area contributed by atoms with Gasteiger partial charge in [0.25, 0.3) is 0 Å². The topological polar surface area (TPSA) is 100 Å². The number of rotatable bonds is 2. The summed E-state index contributed by atoms with van der Waals surface area (Å²) >= 11 is 0. The minimum absolute atomic E-state index is 0.0169. The number of aryl methyl sites for hydroxylation is 1. The number of nitrogens with two attached hydrogens (primary N) is 1. The molecule has 0 aliphatic carbocycles. The molecule has 3 heterocycles. The van der Waals surface area contributed by atoms with E-state index in [0.29, 0.717) is 46.9 Å². The van der Waals surface area contributed by atoms with Gasteiger partial charge in [0.2, 0.25) is 11.8 Å². The fraction of sp³-hybridized carbons (Fsp3) is 0.385. The molecule has 1 aromatic heterocycles. The van der Waals surface area contributed by atoms with Crippen molar-refractivity contribution < 1.29 is 13.9 Å². The molecule has 4 bridgehead atoms. The summed E-state index contributed by atoms with van der Waals surface area (Å²) in [5.41, 5.74) is 10.8. The SMILES string of the molecule is C=C1/C=C/C(C(=N)OC(C)C)=C(N)CN2CCC[C@H](C2)Oc2[nH]ncc2-c2cc1c(C)cc2F. The molecule has 2 aliphatic heterocycles. The van der Waals surface area contributed by atoms with Crippen molar-refractivity contribution in [3.8, 4) is 17.0 Å². The van der Waals surface area contributed by atoms with E-state index in [4.69, 9.17) is 20.6 Å². The van der Waals surface area contributed by atoms with Crippen molar-refractivity contribution in [2.75, 3.05) is 19.6 Å². The van der Waals surface area contributed by atoms with Crippen LogP contribution in [0.3, 0.4) is 0 Å². The van der Waals surface area contributed by atoms with Crippen LogP contribution < -0.4 is 10.5 Å². The molecule has 4 rings (SSSR count). The summed E-state index contributed by atoms with van der Waals surface area (Å²) in [6.07, 6.45) is 6.72. The first-order chi connectivity index (χ1) is 16.2. The first-order valence-corrected chi connectivity index (χ1v) is 11.6. The van der Waals surface area contributed by atoms with Gasteiger partial charge < -0.3 is 15.2 Å². The second kappa shape index (κ2) is 9.85. The first kappa shape index (κ1) is 23.8. The molecule has 1 aromatic carbocycles. The third kappa shape index (κ3) is 5.07. The van der Waals surface area contributed by atoms with E-state index in [9.17, 15) is 0 Å². The predicted molar refractivity (Wildman–Crippen MR) is 132 cm³/mol. The van der Waals surface area contributed by atoms with Crippen LogP contribution in [-0.4, -0.2) is 52.8 Å². The molecule has 8 heteroatoms. The van der Waals surface area contributed by atoms with Gasteiger partial charge in [0, 0.05) is 24.4 Å². The quantitative estimate of drug-likeness (QED) is 0.446. The molecule has 0 saturated carbocycles. The Morgan fingerprint density at radius 2 is 2.12 bits per heavy atom. The molecule has 7 nitrogen and oxygen atoms in total. The van der Waals surface area contributed by atoms with Gasteiger partial charge in [-0.3, -0.25) is 10.3 Å². The van der Waals surface area contributed by atoms with Crippen molar-refractivity contribution >= 4 is 11.5 Å². The zero-order chi connectivity index (χ0) is 24.4. The number of nitrogens with zero attached hydrogens (tertiary/aromatic N) is 2. The van der Waals surface area contributed by atoms with E-state index in [1.54, 1.807) is 24.4 Å². The van der Waals surface area contributed by atoms with Crippen LogP contribution in [0.15, 0.2) is 48.3 Å². The van der Waals surface area contributed by atoms with Gasteiger partial charge in [0.1, 0.15) is 11.9 Å². The average Bonchev–Trinajstić information content (AvgIpc) is 3.20. The van der Waals surface area contributed by atoms with Crippen molar-refractivity contribution in [2.45, 2.75) is 45.8 Å². The molecule has 180 valence electrons. The molecule has 1 unspecified atom stereocenters. The molecule has 1 saturated heterocycles. The molecule has 1 fully saturated rings. The van der Waals surface area contributed by atoms with E-state index < -0.39 is 0 Å². The number of H-pyrrole nitrogens is 1. The number of aromatic nitrogens is 2. The van der Waals surface area contributed by atoms with E-state index in [-0.39, 0.29) is 23.9 Å². The smallest absolute Gasteiger partial charge is 0.217 e. The Morgan fingerprint density at radius 1 is 1.32 bits per heavy atom. The van der Waals surface area contributed by atoms with Crippen molar-refractivity contribution in [2.24, 2.45) is 5.73 Å². The number of aromatic amines is 1. The third-order valence-electron chi connectivity index (χ3n) is 6.09. The lowest BCUT2D eigenvalue weighted by atomic mass is 9.95. The van der Waals surface area contributed by atoms with Crippen LogP contribution in [0.4, 0.5) is 4.39 Å². The Kier molecular flexibility index (Phi) is 6.88. The average molecular weight is 466 g/mol. The number of hydrogen-bond donors (Lipinski definition) is 3. The number of piperidine rings is 1. The minimum Gasteiger partial charge on any atom is -0.475 e. The number of allylic oxidation sites excluding steroid dienone is 2. The number of nitrogens with one attached hydrogen (secondary N) is 2. The third-order valence-corrected chi connectivity index (χ3v) is 6.09. The Labute approximate surface area is 199 Å². The Balaban J connectivity index is 1.83. The lowest BCUT2D eigenvalue weighted by Crippen LogP contribution is -2.43. The first-order valence-electron chi connectivity index (χ1n) is 11.6. The molecule has 0 amide bonds. The van der Waals surface area contributed by atoms with Gasteiger partial charge in [-0.2, -0.15) is 5.10 Å². The number of hydrogen-bond acceptors (Lipinski definition) is 6. The highest BCUT2D eigenvalue weighted by molar-refractivity contribution is 5.95. The standard InChI is InChI=1S/C26H32FN5O2/c1-15(2)33-25(29)19-8-7-16(3)20-11-21(23(27)10-17(20)4)22-12-30-31-26(22)34-18-6-5-9-32(13-18)14-24(19)28/h7-8,10-12,15,18,29H,3,5-6,9,13-14,28H2,1-2,4H3,(H,30,31)/b8-7+,24-19?,29-25?/t18-/m1/s1. The fourth-order valence-electron chi connectivity index (χ4n) is 4.43. The van der Waals surface area contributed by atoms with Crippen LogP contribution in [0.2, 0.25) is 0 Å². The van der Waals surface area contributed by atoms with Gasteiger partial charge in [-0.25, -0.2) is 9.49 Å². The molecule has 0 spiro atoms. The highest BCUT2D eigenvalue weighted by atomic mass is 19.1. The van der Waals surface area contributed by atoms with Gasteiger partial charge in [0.05, 0.1) is 23.4 Å². The number of ether oxygens (including phenoxy) is 2. The molecular formula is C26H32FN5O2. The molecule has 0 radical (unpaired) electrons. The summed E-state index contributed by atoms with van der Waals surface area (Å²) in [7, 11) is 0.